The molecule has 1 amide bonds. The molecule has 1 N–H and O–H groups in total. The van der Waals surface area contributed by atoms with Gasteiger partial charge in [-0.1, -0.05) is 0 Å². The van der Waals surface area contributed by atoms with E-state index in [1.54, 1.807) is 0 Å². The number of benzene rings is 1. The maximum atomic E-state index is 13.7. The van der Waals surface area contributed by atoms with Crippen molar-refractivity contribution in [1.29, 1.82) is 0 Å². The van der Waals surface area contributed by atoms with Gasteiger partial charge in [-0.05, 0) is 0 Å². The molecule has 1 saturated carbocycles. The number of hydrogen-bond donors (Lipinski definition) is 1. The Kier molecular flexibility index (Phi) is 8.83. The van der Waals surface area contributed by atoms with Crippen molar-refractivity contribution in [3.8, 4) is 0 Å². The van der Waals surface area contributed by atoms with E-state index < -0.39 is 7.26 Å². The first-order valence-electron chi connectivity index (χ1n) is 11.4. The van der Waals surface area contributed by atoms with Crippen LogP contribution in [-0.2, 0) is 4.79 Å². The van der Waals surface area contributed by atoms with Crippen molar-refractivity contribution in [2.24, 2.45) is 0 Å². The Labute approximate surface area is 178 Å². The second-order valence-corrected chi connectivity index (χ2v) is 14.5. The quantitative estimate of drug-likeness (QED) is 0.343. The molecule has 2 nitrogen and oxygen atoms in total. The van der Waals surface area contributed by atoms with Crippen molar-refractivity contribution in [3.05, 3.63) is 28.3 Å². The summed E-state index contributed by atoms with van der Waals surface area (Å²) >= 11 is 6.20. The van der Waals surface area contributed by atoms with E-state index in [2.05, 4.69) is 26.1 Å². The molecule has 0 bridgehead atoms. The van der Waals surface area contributed by atoms with E-state index in [1.807, 2.05) is 26.0 Å². The second-order valence-electron chi connectivity index (χ2n) is 9.04. The van der Waals surface area contributed by atoms with Crippen LogP contribution in [0.2, 0.25) is 5.02 Å². The molecule has 2 rings (SSSR count). The predicted octanol–water partition coefficient (Wildman–Crippen LogP) is 7.58. The Morgan fingerprint density at radius 3 is 1.75 bits per heavy atom. The van der Waals surface area contributed by atoms with Crippen LogP contribution < -0.4 is 5.32 Å². The molecule has 0 aromatic heterocycles. The van der Waals surface area contributed by atoms with Gasteiger partial charge in [-0.2, -0.15) is 0 Å². The maximum absolute atomic E-state index is 13.7. The third-order valence-corrected chi connectivity index (χ3v) is 13.9. The van der Waals surface area contributed by atoms with Crippen molar-refractivity contribution < 1.29 is 4.79 Å². The third-order valence-electron chi connectivity index (χ3n) is 6.96. The summed E-state index contributed by atoms with van der Waals surface area (Å²) in [6.07, 6.45) is 13.8. The van der Waals surface area contributed by atoms with Gasteiger partial charge in [-0.15, -0.1) is 0 Å². The van der Waals surface area contributed by atoms with Crippen molar-refractivity contribution in [3.63, 3.8) is 0 Å². The zero-order chi connectivity index (χ0) is 20.8. The van der Waals surface area contributed by atoms with Crippen molar-refractivity contribution in [1.82, 2.24) is 0 Å². The number of unbranched alkanes of at least 4 members (excludes halogenated alkanes) is 3. The molecule has 1 fully saturated rings. The van der Waals surface area contributed by atoms with Crippen LogP contribution in [0, 0.1) is 13.8 Å². The van der Waals surface area contributed by atoms with Crippen LogP contribution in [0.15, 0.2) is 12.1 Å². The molecular weight excluding hydrogens is 385 g/mol. The first-order chi connectivity index (χ1) is 13.4. The normalized spacial score (nSPS) is 16.1. The Morgan fingerprint density at radius 1 is 0.964 bits per heavy atom. The summed E-state index contributed by atoms with van der Waals surface area (Å²) in [6.45, 7) is 11.0. The summed E-state index contributed by atoms with van der Waals surface area (Å²) < 4.78 is 0. The van der Waals surface area contributed by atoms with Gasteiger partial charge in [0.2, 0.25) is 0 Å². The van der Waals surface area contributed by atoms with Crippen LogP contribution >= 0.6 is 18.9 Å². The number of anilines is 1. The molecule has 0 unspecified atom stereocenters. The first-order valence-corrected chi connectivity index (χ1v) is 14.4. The topological polar surface area (TPSA) is 29.1 Å². The molecule has 160 valence electrons. The fraction of sp³-hybridized carbons (Fsp3) is 0.708. The standard InChI is InChI=1S/C24H41ClNOP/c1-6-9-14-28(15-10-7-2,16-11-8-3)24(12-13-24)23(27)26-22-19(4)17-21(25)18-20(22)5/h17-18,28H,6-16H2,1-5H3,(H,26,27). The molecular formula is C24H41ClNOP. The Morgan fingerprint density at radius 2 is 1.39 bits per heavy atom. The van der Waals surface area contributed by atoms with Crippen molar-refractivity contribution >= 4 is 30.5 Å². The molecule has 0 atom stereocenters. The monoisotopic (exact) mass is 425 g/mol. The zero-order valence-electron chi connectivity index (χ0n) is 18.7. The van der Waals surface area contributed by atoms with E-state index in [-0.39, 0.29) is 5.16 Å². The number of carbonyl (C=O) groups is 1. The van der Waals surface area contributed by atoms with E-state index in [0.29, 0.717) is 5.91 Å². The fourth-order valence-corrected chi connectivity index (χ4v) is 12.4. The van der Waals surface area contributed by atoms with Gasteiger partial charge < -0.3 is 0 Å². The second kappa shape index (κ2) is 10.4. The number of rotatable bonds is 12. The summed E-state index contributed by atoms with van der Waals surface area (Å²) in [5, 5.41) is 4.09. The van der Waals surface area contributed by atoms with E-state index in [9.17, 15) is 4.79 Å². The molecule has 1 aliphatic carbocycles. The molecule has 1 aromatic rings. The summed E-state index contributed by atoms with van der Waals surface area (Å²) in [7, 11) is -1.68. The van der Waals surface area contributed by atoms with Crippen LogP contribution in [0.4, 0.5) is 5.69 Å². The SMILES string of the molecule is CCCC[PH](CCCC)(CCCC)C1(C(=O)Nc2c(C)cc(Cl)cc2C)CC1. The fourth-order valence-electron chi connectivity index (χ4n) is 5.10. The van der Waals surface area contributed by atoms with Gasteiger partial charge in [-0.3, -0.25) is 0 Å². The van der Waals surface area contributed by atoms with E-state index in [0.717, 1.165) is 34.7 Å². The molecule has 1 aromatic carbocycles. The number of amides is 1. The molecule has 4 heteroatoms. The average molecular weight is 426 g/mol. The molecule has 28 heavy (non-hydrogen) atoms. The van der Waals surface area contributed by atoms with E-state index in [4.69, 9.17) is 11.6 Å². The van der Waals surface area contributed by atoms with Gasteiger partial charge in [0.25, 0.3) is 0 Å². The molecule has 0 spiro atoms. The number of aryl methyl sites for hydroxylation is 2. The number of nitrogens with one attached hydrogen (secondary N) is 1. The Bertz CT molecular complexity index is 624. The predicted molar refractivity (Wildman–Crippen MR) is 129 cm³/mol. The summed E-state index contributed by atoms with van der Waals surface area (Å²) in [4.78, 5) is 13.7. The Balaban J connectivity index is 2.33. The van der Waals surface area contributed by atoms with Gasteiger partial charge >= 0.3 is 178 Å². The number of halogens is 1. The molecule has 1 aliphatic rings. The zero-order valence-corrected chi connectivity index (χ0v) is 20.5. The molecule has 0 aliphatic heterocycles. The Hall–Kier alpha value is -0.590. The summed E-state index contributed by atoms with van der Waals surface area (Å²) in [5.41, 5.74) is 3.11. The summed E-state index contributed by atoms with van der Waals surface area (Å²) in [6, 6.07) is 3.92. The van der Waals surface area contributed by atoms with Crippen molar-refractivity contribution in [2.75, 3.05) is 23.8 Å². The number of hydrogen-bond acceptors (Lipinski definition) is 1. The van der Waals surface area contributed by atoms with Crippen LogP contribution in [0.3, 0.4) is 0 Å². The molecule has 0 radical (unpaired) electrons. The van der Waals surface area contributed by atoms with Gasteiger partial charge in [0.1, 0.15) is 0 Å². The third kappa shape index (κ3) is 5.11. The van der Waals surface area contributed by atoms with Crippen molar-refractivity contribution in [2.45, 2.75) is 91.1 Å². The minimum absolute atomic E-state index is 0.0367. The van der Waals surface area contributed by atoms with Crippen LogP contribution in [0.1, 0.15) is 83.3 Å². The molecule has 0 saturated heterocycles. The van der Waals surface area contributed by atoms with Gasteiger partial charge in [0, 0.05) is 0 Å². The first kappa shape index (κ1) is 23.7. The van der Waals surface area contributed by atoms with Crippen LogP contribution in [0.5, 0.6) is 0 Å². The minimum atomic E-state index is -1.68. The van der Waals surface area contributed by atoms with E-state index >= 15 is 0 Å². The summed E-state index contributed by atoms with van der Waals surface area (Å²) in [5.74, 6) is 0.316. The number of carbonyl (C=O) groups excluding carboxylic acids is 1. The van der Waals surface area contributed by atoms with Crippen LogP contribution in [0.25, 0.3) is 0 Å². The van der Waals surface area contributed by atoms with Gasteiger partial charge in [0.05, 0.1) is 0 Å². The molecule has 0 heterocycles. The van der Waals surface area contributed by atoms with Gasteiger partial charge in [-0.25, -0.2) is 0 Å². The average Bonchev–Trinajstić information content (AvgIpc) is 3.46. The van der Waals surface area contributed by atoms with Crippen LogP contribution in [-0.4, -0.2) is 29.5 Å². The van der Waals surface area contributed by atoms with E-state index in [1.165, 1.54) is 57.0 Å². The van der Waals surface area contributed by atoms with Gasteiger partial charge in [0.15, 0.2) is 0 Å².